The number of thiophene rings is 1. The second-order valence-electron chi connectivity index (χ2n) is 5.32. The highest BCUT2D eigenvalue weighted by atomic mass is 79.9. The van der Waals surface area contributed by atoms with Crippen molar-refractivity contribution in [3.8, 4) is 0 Å². The van der Waals surface area contributed by atoms with Crippen molar-refractivity contribution in [3.63, 3.8) is 0 Å². The summed E-state index contributed by atoms with van der Waals surface area (Å²) < 4.78 is 1.13. The fourth-order valence-electron chi connectivity index (χ4n) is 2.76. The lowest BCUT2D eigenvalue weighted by Gasteiger charge is -2.42. The largest absolute Gasteiger partial charge is 0.391 e. The Kier molecular flexibility index (Phi) is 4.86. The number of rotatable bonds is 5. The average molecular weight is 332 g/mol. The van der Waals surface area contributed by atoms with Crippen LogP contribution >= 0.6 is 27.3 Å². The Morgan fingerprint density at radius 3 is 2.67 bits per heavy atom. The fourth-order valence-corrected chi connectivity index (χ4v) is 4.32. The van der Waals surface area contributed by atoms with Crippen LogP contribution in [0.2, 0.25) is 0 Å². The van der Waals surface area contributed by atoms with Crippen molar-refractivity contribution in [1.82, 2.24) is 4.90 Å². The Balaban J connectivity index is 2.09. The lowest BCUT2D eigenvalue weighted by Crippen LogP contribution is -2.53. The van der Waals surface area contributed by atoms with Gasteiger partial charge in [0, 0.05) is 21.3 Å². The van der Waals surface area contributed by atoms with E-state index in [1.807, 2.05) is 0 Å². The summed E-state index contributed by atoms with van der Waals surface area (Å²) in [6, 6.07) is 2.06. The zero-order valence-electron chi connectivity index (χ0n) is 11.2. The molecule has 2 unspecified atom stereocenters. The monoisotopic (exact) mass is 331 g/mol. The molecule has 1 aliphatic heterocycles. The van der Waals surface area contributed by atoms with E-state index in [1.165, 1.54) is 17.7 Å². The third-order valence-electron chi connectivity index (χ3n) is 4.33. The van der Waals surface area contributed by atoms with Crippen molar-refractivity contribution in [2.24, 2.45) is 0 Å². The van der Waals surface area contributed by atoms with E-state index < -0.39 is 0 Å². The molecular weight excluding hydrogens is 310 g/mol. The molecule has 18 heavy (non-hydrogen) atoms. The highest BCUT2D eigenvalue weighted by molar-refractivity contribution is 9.10. The number of nitrogens with zero attached hydrogens (tertiary/aromatic N) is 1. The smallest absolute Gasteiger partial charge is 0.0769 e. The molecule has 0 spiro atoms. The number of aliphatic hydroxyl groups excluding tert-OH is 1. The first-order valence-electron chi connectivity index (χ1n) is 6.73. The quantitative estimate of drug-likeness (QED) is 0.889. The van der Waals surface area contributed by atoms with Gasteiger partial charge in [-0.1, -0.05) is 6.92 Å². The van der Waals surface area contributed by atoms with Crippen LogP contribution in [0.4, 0.5) is 0 Å². The normalized spacial score (nSPS) is 22.0. The summed E-state index contributed by atoms with van der Waals surface area (Å²) in [7, 11) is 0. The highest BCUT2D eigenvalue weighted by Crippen LogP contribution is 2.32. The van der Waals surface area contributed by atoms with Gasteiger partial charge in [-0.3, -0.25) is 4.90 Å². The molecule has 0 saturated carbocycles. The van der Waals surface area contributed by atoms with Crippen LogP contribution in [0.3, 0.4) is 0 Å². The van der Waals surface area contributed by atoms with Gasteiger partial charge in [0.1, 0.15) is 0 Å². The van der Waals surface area contributed by atoms with Crippen molar-refractivity contribution >= 4 is 27.3 Å². The molecule has 0 aliphatic carbocycles. The zero-order valence-corrected chi connectivity index (χ0v) is 13.6. The zero-order chi connectivity index (χ0) is 13.2. The maximum Gasteiger partial charge on any atom is 0.0769 e. The molecule has 1 aliphatic rings. The van der Waals surface area contributed by atoms with E-state index >= 15 is 0 Å². The lowest BCUT2D eigenvalue weighted by atomic mass is 9.87. The molecule has 102 valence electrons. The summed E-state index contributed by atoms with van der Waals surface area (Å²) >= 11 is 5.27. The topological polar surface area (TPSA) is 23.5 Å². The van der Waals surface area contributed by atoms with Crippen LogP contribution in [0, 0.1) is 0 Å². The summed E-state index contributed by atoms with van der Waals surface area (Å²) in [6.45, 7) is 6.66. The molecule has 2 heterocycles. The molecule has 0 bridgehead atoms. The van der Waals surface area contributed by atoms with E-state index in [2.05, 4.69) is 46.1 Å². The Hall–Kier alpha value is 0.1000. The van der Waals surface area contributed by atoms with Crippen LogP contribution in [0.1, 0.15) is 38.0 Å². The fraction of sp³-hybridized carbons (Fsp3) is 0.714. The minimum Gasteiger partial charge on any atom is -0.391 e. The third-order valence-corrected chi connectivity index (χ3v) is 6.28. The van der Waals surface area contributed by atoms with Crippen molar-refractivity contribution in [2.45, 2.75) is 51.2 Å². The predicted molar refractivity (Wildman–Crippen MR) is 81.2 cm³/mol. The maximum atomic E-state index is 10.7. The molecule has 0 amide bonds. The summed E-state index contributed by atoms with van der Waals surface area (Å²) in [5.41, 5.74) is -0.0834. The van der Waals surface area contributed by atoms with Gasteiger partial charge in [-0.2, -0.15) is 0 Å². The van der Waals surface area contributed by atoms with E-state index in [4.69, 9.17) is 0 Å². The Morgan fingerprint density at radius 1 is 1.50 bits per heavy atom. The van der Waals surface area contributed by atoms with E-state index in [9.17, 15) is 5.11 Å². The van der Waals surface area contributed by atoms with Crippen molar-refractivity contribution in [2.75, 3.05) is 13.1 Å². The molecule has 4 heteroatoms. The molecule has 0 radical (unpaired) electrons. The third kappa shape index (κ3) is 2.82. The van der Waals surface area contributed by atoms with Gasteiger partial charge in [-0.05, 0) is 66.7 Å². The molecule has 2 rings (SSSR count). The summed E-state index contributed by atoms with van der Waals surface area (Å²) in [4.78, 5) is 3.72. The molecule has 0 aromatic carbocycles. The summed E-state index contributed by atoms with van der Waals surface area (Å²) in [6.07, 6.45) is 3.99. The SMILES string of the molecule is CCC(C)(C(O)Cc1sccc1Br)N1CCCC1. The number of hydrogen-bond acceptors (Lipinski definition) is 3. The Morgan fingerprint density at radius 2 is 2.17 bits per heavy atom. The molecule has 2 nitrogen and oxygen atoms in total. The average Bonchev–Trinajstić information content (AvgIpc) is 3.01. The van der Waals surface area contributed by atoms with E-state index in [-0.39, 0.29) is 11.6 Å². The lowest BCUT2D eigenvalue weighted by molar-refractivity contribution is -0.0113. The van der Waals surface area contributed by atoms with E-state index in [0.29, 0.717) is 0 Å². The van der Waals surface area contributed by atoms with Crippen LogP contribution in [0.15, 0.2) is 15.9 Å². The van der Waals surface area contributed by atoms with Crippen LogP contribution in [-0.4, -0.2) is 34.7 Å². The summed E-state index contributed by atoms with van der Waals surface area (Å²) in [5.74, 6) is 0. The first-order valence-corrected chi connectivity index (χ1v) is 8.40. The van der Waals surface area contributed by atoms with Gasteiger partial charge < -0.3 is 5.11 Å². The highest BCUT2D eigenvalue weighted by Gasteiger charge is 2.38. The second kappa shape index (κ2) is 6.04. The van der Waals surface area contributed by atoms with Gasteiger partial charge in [0.25, 0.3) is 0 Å². The molecular formula is C14H22BrNOS. The number of hydrogen-bond donors (Lipinski definition) is 1. The molecule has 1 aromatic heterocycles. The van der Waals surface area contributed by atoms with Gasteiger partial charge in [0.05, 0.1) is 6.10 Å². The van der Waals surface area contributed by atoms with Gasteiger partial charge in [-0.25, -0.2) is 0 Å². The molecule has 2 atom stereocenters. The molecule has 1 fully saturated rings. The van der Waals surface area contributed by atoms with Crippen LogP contribution in [-0.2, 0) is 6.42 Å². The molecule has 1 saturated heterocycles. The first-order chi connectivity index (χ1) is 8.58. The standard InChI is InChI=1S/C14H22BrNOS/c1-3-14(2,16-7-4-5-8-16)13(17)10-12-11(15)6-9-18-12/h6,9,13,17H,3-5,7-8,10H2,1-2H3. The van der Waals surface area contributed by atoms with Gasteiger partial charge in [-0.15, -0.1) is 11.3 Å². The van der Waals surface area contributed by atoms with Crippen molar-refractivity contribution in [3.05, 3.63) is 20.8 Å². The van der Waals surface area contributed by atoms with Gasteiger partial charge in [0.15, 0.2) is 0 Å². The van der Waals surface area contributed by atoms with Crippen LogP contribution < -0.4 is 0 Å². The first kappa shape index (κ1) is 14.5. The Labute approximate surface area is 122 Å². The van der Waals surface area contributed by atoms with Crippen molar-refractivity contribution in [1.29, 1.82) is 0 Å². The Bertz CT molecular complexity index is 389. The van der Waals surface area contributed by atoms with Gasteiger partial charge in [0.2, 0.25) is 0 Å². The maximum absolute atomic E-state index is 10.7. The summed E-state index contributed by atoms with van der Waals surface area (Å²) in [5, 5.41) is 12.7. The van der Waals surface area contributed by atoms with E-state index in [0.717, 1.165) is 30.4 Å². The minimum absolute atomic E-state index is 0.0834. The molecule has 1 aromatic rings. The van der Waals surface area contributed by atoms with Crippen LogP contribution in [0.5, 0.6) is 0 Å². The number of likely N-dealkylation sites (tertiary alicyclic amines) is 1. The minimum atomic E-state index is -0.296. The number of halogens is 1. The van der Waals surface area contributed by atoms with E-state index in [1.54, 1.807) is 11.3 Å². The number of aliphatic hydroxyl groups is 1. The second-order valence-corrected chi connectivity index (χ2v) is 7.17. The van der Waals surface area contributed by atoms with Crippen LogP contribution in [0.25, 0.3) is 0 Å². The molecule has 1 N–H and O–H groups in total. The van der Waals surface area contributed by atoms with Gasteiger partial charge >= 0.3 is 0 Å². The van der Waals surface area contributed by atoms with Crippen molar-refractivity contribution < 1.29 is 5.11 Å². The predicted octanol–water partition coefficient (Wildman–Crippen LogP) is 3.68.